The first-order valence-electron chi connectivity index (χ1n) is 8.92. The molecule has 27 heavy (non-hydrogen) atoms. The van der Waals surface area contributed by atoms with Crippen molar-refractivity contribution in [3.8, 4) is 5.75 Å². The van der Waals surface area contributed by atoms with E-state index in [1.165, 1.54) is 10.8 Å². The molecule has 1 aromatic carbocycles. The predicted octanol–water partition coefficient (Wildman–Crippen LogP) is 2.29. The van der Waals surface area contributed by atoms with Gasteiger partial charge < -0.3 is 19.5 Å². The number of urea groups is 1. The number of rotatable bonds is 5. The number of carbonyl (C=O) groups is 1. The molecule has 0 aliphatic carbocycles. The zero-order valence-electron chi connectivity index (χ0n) is 15.5. The molecule has 1 fully saturated rings. The zero-order chi connectivity index (χ0) is 19.4. The van der Waals surface area contributed by atoms with E-state index in [1.807, 2.05) is 19.1 Å². The predicted molar refractivity (Wildman–Crippen MR) is 102 cm³/mol. The van der Waals surface area contributed by atoms with E-state index in [1.54, 1.807) is 30.3 Å². The molecule has 2 aromatic rings. The van der Waals surface area contributed by atoms with Gasteiger partial charge in [-0.3, -0.25) is 0 Å². The maximum Gasteiger partial charge on any atom is 0.321 e. The second-order valence-electron chi connectivity index (χ2n) is 6.41. The summed E-state index contributed by atoms with van der Waals surface area (Å²) in [5.41, 5.74) is 0.604. The summed E-state index contributed by atoms with van der Waals surface area (Å²) >= 11 is 0. The summed E-state index contributed by atoms with van der Waals surface area (Å²) in [4.78, 5) is 18.2. The Balaban J connectivity index is 1.62. The zero-order valence-corrected chi connectivity index (χ0v) is 16.3. The molecule has 1 N–H and O–H groups in total. The normalized spacial score (nSPS) is 15.6. The number of likely N-dealkylation sites (tertiary alicyclic amines) is 1. The molecule has 0 spiro atoms. The van der Waals surface area contributed by atoms with Crippen molar-refractivity contribution in [2.45, 2.75) is 30.2 Å². The van der Waals surface area contributed by atoms with Crippen LogP contribution in [0.2, 0.25) is 0 Å². The molecule has 1 aromatic heterocycles. The van der Waals surface area contributed by atoms with Crippen molar-refractivity contribution < 1.29 is 17.9 Å². The van der Waals surface area contributed by atoms with Gasteiger partial charge in [-0.1, -0.05) is 12.1 Å². The maximum atomic E-state index is 12.7. The minimum Gasteiger partial charge on any atom is -0.492 e. The smallest absolute Gasteiger partial charge is 0.321 e. The third-order valence-electron chi connectivity index (χ3n) is 4.63. The number of anilines is 1. The van der Waals surface area contributed by atoms with Gasteiger partial charge in [0.1, 0.15) is 5.75 Å². The van der Waals surface area contributed by atoms with Gasteiger partial charge >= 0.3 is 6.03 Å². The lowest BCUT2D eigenvalue weighted by Crippen LogP contribution is -2.44. The third kappa shape index (κ3) is 4.08. The van der Waals surface area contributed by atoms with Crippen LogP contribution < -0.4 is 10.1 Å². The number of hydrogen-bond donors (Lipinski definition) is 1. The molecule has 2 heterocycles. The molecule has 1 aliphatic heterocycles. The number of amides is 2. The molecule has 0 bridgehead atoms. The van der Waals surface area contributed by atoms with Gasteiger partial charge in [-0.25, -0.2) is 18.2 Å². The van der Waals surface area contributed by atoms with Crippen molar-refractivity contribution in [2.24, 2.45) is 7.05 Å². The van der Waals surface area contributed by atoms with Crippen molar-refractivity contribution >= 4 is 21.6 Å². The summed E-state index contributed by atoms with van der Waals surface area (Å²) in [6.07, 6.45) is 3.86. The average molecular weight is 392 g/mol. The Kier molecular flexibility index (Phi) is 5.69. The number of aryl methyl sites for hydroxylation is 1. The first kappa shape index (κ1) is 19.2. The number of nitrogens with one attached hydrogen (secondary N) is 1. The van der Waals surface area contributed by atoms with E-state index in [9.17, 15) is 13.2 Å². The van der Waals surface area contributed by atoms with E-state index in [2.05, 4.69) is 10.3 Å². The number of imidazole rings is 1. The number of nitrogens with zero attached hydrogens (tertiary/aromatic N) is 3. The highest BCUT2D eigenvalue weighted by Gasteiger charge is 2.35. The third-order valence-corrected chi connectivity index (χ3v) is 6.88. The fourth-order valence-electron chi connectivity index (χ4n) is 3.19. The number of carbonyl (C=O) groups excluding carboxylic acids is 1. The van der Waals surface area contributed by atoms with Gasteiger partial charge in [0.2, 0.25) is 15.0 Å². The van der Waals surface area contributed by atoms with E-state index in [4.69, 9.17) is 4.74 Å². The monoisotopic (exact) mass is 392 g/mol. The van der Waals surface area contributed by atoms with Gasteiger partial charge in [-0.15, -0.1) is 0 Å². The van der Waals surface area contributed by atoms with E-state index >= 15 is 0 Å². The van der Waals surface area contributed by atoms with Gasteiger partial charge in [0.25, 0.3) is 0 Å². The highest BCUT2D eigenvalue weighted by atomic mass is 32.2. The van der Waals surface area contributed by atoms with Crippen LogP contribution in [0.1, 0.15) is 19.8 Å². The highest BCUT2D eigenvalue weighted by Crippen LogP contribution is 2.26. The first-order chi connectivity index (χ1) is 12.9. The minimum atomic E-state index is -3.50. The number of piperidine rings is 1. The molecule has 1 aliphatic rings. The van der Waals surface area contributed by atoms with Crippen LogP contribution in [0.25, 0.3) is 0 Å². The lowest BCUT2D eigenvalue weighted by Gasteiger charge is -2.31. The molecule has 0 saturated carbocycles. The summed E-state index contributed by atoms with van der Waals surface area (Å²) in [5.74, 6) is 0.612. The van der Waals surface area contributed by atoms with Crippen LogP contribution in [0.15, 0.2) is 41.8 Å². The summed E-state index contributed by atoms with van der Waals surface area (Å²) in [6, 6.07) is 6.99. The van der Waals surface area contributed by atoms with E-state index in [0.717, 1.165) is 0 Å². The number of benzene rings is 1. The number of ether oxygens (including phenoxy) is 1. The molecule has 146 valence electrons. The van der Waals surface area contributed by atoms with Crippen LogP contribution in [-0.2, 0) is 16.9 Å². The highest BCUT2D eigenvalue weighted by molar-refractivity contribution is 7.91. The van der Waals surface area contributed by atoms with Crippen LogP contribution in [0.5, 0.6) is 5.75 Å². The average Bonchev–Trinajstić information content (AvgIpc) is 3.10. The summed E-state index contributed by atoms with van der Waals surface area (Å²) in [5, 5.41) is 2.40. The van der Waals surface area contributed by atoms with Crippen molar-refractivity contribution in [1.82, 2.24) is 14.5 Å². The van der Waals surface area contributed by atoms with Crippen molar-refractivity contribution in [3.63, 3.8) is 0 Å². The molecule has 0 atom stereocenters. The Morgan fingerprint density at radius 2 is 2.00 bits per heavy atom. The van der Waals surface area contributed by atoms with Crippen LogP contribution in [0, 0.1) is 0 Å². The number of para-hydroxylation sites is 2. The van der Waals surface area contributed by atoms with Crippen molar-refractivity contribution in [2.75, 3.05) is 25.0 Å². The van der Waals surface area contributed by atoms with Gasteiger partial charge in [-0.05, 0) is 31.9 Å². The molecule has 8 nitrogen and oxygen atoms in total. The Hall–Kier alpha value is -2.55. The molecule has 1 saturated heterocycles. The fourth-order valence-corrected chi connectivity index (χ4v) is 4.99. The molecule has 0 radical (unpaired) electrons. The van der Waals surface area contributed by atoms with Crippen LogP contribution in [-0.4, -0.2) is 53.8 Å². The summed E-state index contributed by atoms with van der Waals surface area (Å²) in [7, 11) is -1.83. The second kappa shape index (κ2) is 7.99. The van der Waals surface area contributed by atoms with Crippen LogP contribution in [0.4, 0.5) is 10.5 Å². The quantitative estimate of drug-likeness (QED) is 0.843. The molecular formula is C18H24N4O4S. The molecule has 2 amide bonds. The number of hydrogen-bond acceptors (Lipinski definition) is 5. The van der Waals surface area contributed by atoms with Crippen molar-refractivity contribution in [3.05, 3.63) is 36.7 Å². The van der Waals surface area contributed by atoms with E-state index in [0.29, 0.717) is 44.0 Å². The fraction of sp³-hybridized carbons (Fsp3) is 0.444. The first-order valence-corrected chi connectivity index (χ1v) is 10.5. The van der Waals surface area contributed by atoms with Gasteiger partial charge in [0.05, 0.1) is 17.5 Å². The second-order valence-corrected chi connectivity index (χ2v) is 8.53. The Bertz CT molecular complexity index is 902. The van der Waals surface area contributed by atoms with Gasteiger partial charge in [0, 0.05) is 32.5 Å². The molecule has 3 rings (SSSR count). The lowest BCUT2D eigenvalue weighted by molar-refractivity contribution is 0.200. The standard InChI is InChI=1S/C18H24N4O4S/c1-3-26-16-7-5-4-6-15(16)20-17(23)22-11-8-14(9-12-22)27(24,25)18-19-10-13-21(18)2/h4-7,10,13-14H,3,8-9,11-12H2,1-2H3,(H,20,23). The van der Waals surface area contributed by atoms with E-state index in [-0.39, 0.29) is 11.2 Å². The molecule has 0 unspecified atom stereocenters. The number of sulfone groups is 1. The number of aromatic nitrogens is 2. The van der Waals surface area contributed by atoms with Crippen LogP contribution in [0.3, 0.4) is 0 Å². The largest absolute Gasteiger partial charge is 0.492 e. The SMILES string of the molecule is CCOc1ccccc1NC(=O)N1CCC(S(=O)(=O)c2nccn2C)CC1. The Labute approximate surface area is 159 Å². The van der Waals surface area contributed by atoms with E-state index < -0.39 is 15.1 Å². The Morgan fingerprint density at radius 3 is 2.63 bits per heavy atom. The summed E-state index contributed by atoms with van der Waals surface area (Å²) < 4.78 is 32.5. The summed E-state index contributed by atoms with van der Waals surface area (Å²) in [6.45, 7) is 3.13. The lowest BCUT2D eigenvalue weighted by atomic mass is 10.1. The minimum absolute atomic E-state index is 0.0797. The maximum absolute atomic E-state index is 12.7. The topological polar surface area (TPSA) is 93.5 Å². The van der Waals surface area contributed by atoms with Crippen molar-refractivity contribution in [1.29, 1.82) is 0 Å². The van der Waals surface area contributed by atoms with Gasteiger partial charge in [0.15, 0.2) is 0 Å². The van der Waals surface area contributed by atoms with Gasteiger partial charge in [-0.2, -0.15) is 0 Å². The molecule has 9 heteroatoms. The molecular weight excluding hydrogens is 368 g/mol. The van der Waals surface area contributed by atoms with Crippen LogP contribution >= 0.6 is 0 Å². The Morgan fingerprint density at radius 1 is 1.30 bits per heavy atom.